The Morgan fingerprint density at radius 1 is 1.27 bits per heavy atom. The number of amides is 2. The van der Waals surface area contributed by atoms with Crippen molar-refractivity contribution in [2.75, 3.05) is 29.1 Å². The molecule has 2 N–H and O–H groups in total. The van der Waals surface area contributed by atoms with Crippen molar-refractivity contribution >= 4 is 33.3 Å². The first kappa shape index (κ1) is 16.2. The fourth-order valence-electron chi connectivity index (χ4n) is 1.70. The Morgan fingerprint density at radius 2 is 2.00 bits per heavy atom. The summed E-state index contributed by atoms with van der Waals surface area (Å²) in [6.07, 6.45) is 2.18. The van der Waals surface area contributed by atoms with Crippen LogP contribution in [0.2, 0.25) is 0 Å². The predicted octanol–water partition coefficient (Wildman–Crippen LogP) is 3.56. The summed E-state index contributed by atoms with van der Waals surface area (Å²) >= 11 is 1.30. The second-order valence-corrected chi connectivity index (χ2v) is 5.71. The predicted molar refractivity (Wildman–Crippen MR) is 87.1 cm³/mol. The van der Waals surface area contributed by atoms with Crippen LogP contribution in [0.25, 0.3) is 0 Å². The van der Waals surface area contributed by atoms with Gasteiger partial charge in [0.1, 0.15) is 5.82 Å². The van der Waals surface area contributed by atoms with E-state index in [-0.39, 0.29) is 5.82 Å². The van der Waals surface area contributed by atoms with Crippen LogP contribution < -0.4 is 15.5 Å². The highest BCUT2D eigenvalue weighted by atomic mass is 32.1. The third kappa shape index (κ3) is 4.66. The van der Waals surface area contributed by atoms with Crippen LogP contribution in [0.1, 0.15) is 19.8 Å². The van der Waals surface area contributed by atoms with Gasteiger partial charge in [0, 0.05) is 19.3 Å². The quantitative estimate of drug-likeness (QED) is 0.853. The molecule has 0 saturated carbocycles. The molecule has 0 saturated heterocycles. The number of carbonyl (C=O) groups excluding carboxylic acids is 1. The van der Waals surface area contributed by atoms with Crippen molar-refractivity contribution in [1.82, 2.24) is 10.2 Å². The van der Waals surface area contributed by atoms with Crippen LogP contribution in [-0.2, 0) is 0 Å². The van der Waals surface area contributed by atoms with E-state index in [0.29, 0.717) is 10.8 Å². The molecule has 1 aromatic heterocycles. The van der Waals surface area contributed by atoms with E-state index in [4.69, 9.17) is 0 Å². The largest absolute Gasteiger partial charge is 0.350 e. The Balaban J connectivity index is 1.89. The number of carbonyl (C=O) groups is 1. The molecule has 0 fully saturated rings. The summed E-state index contributed by atoms with van der Waals surface area (Å²) in [6, 6.07) is 5.09. The van der Waals surface area contributed by atoms with Gasteiger partial charge in [-0.2, -0.15) is 0 Å². The molecule has 2 amide bonds. The highest BCUT2D eigenvalue weighted by molar-refractivity contribution is 7.19. The zero-order valence-corrected chi connectivity index (χ0v) is 13.3. The summed E-state index contributed by atoms with van der Waals surface area (Å²) in [7, 11) is 1.94. The van der Waals surface area contributed by atoms with Gasteiger partial charge in [0.15, 0.2) is 0 Å². The van der Waals surface area contributed by atoms with Crippen molar-refractivity contribution in [2.24, 2.45) is 0 Å². The molecule has 0 aliphatic heterocycles. The molecule has 8 heteroatoms. The third-order valence-corrected chi connectivity index (χ3v) is 3.86. The van der Waals surface area contributed by atoms with Crippen LogP contribution >= 0.6 is 11.3 Å². The maximum absolute atomic E-state index is 12.8. The SMILES string of the molecule is CCCCN(C)c1nnc(NC(=O)Nc2ccc(F)cc2)s1. The minimum absolute atomic E-state index is 0.352. The molecule has 2 rings (SSSR count). The molecule has 0 bridgehead atoms. The standard InChI is InChI=1S/C14H18FN5OS/c1-3-4-9-20(2)14-19-18-13(22-14)17-12(21)16-11-7-5-10(15)6-8-11/h5-8H,3-4,9H2,1-2H3,(H2,16,17,18,21). The fourth-order valence-corrected chi connectivity index (χ4v) is 2.43. The molecular formula is C14H18FN5OS. The van der Waals surface area contributed by atoms with Crippen molar-refractivity contribution in [2.45, 2.75) is 19.8 Å². The molecule has 6 nitrogen and oxygen atoms in total. The Morgan fingerprint density at radius 3 is 2.68 bits per heavy atom. The number of aromatic nitrogens is 2. The normalized spacial score (nSPS) is 10.3. The van der Waals surface area contributed by atoms with Gasteiger partial charge < -0.3 is 10.2 Å². The number of hydrogen-bond acceptors (Lipinski definition) is 5. The van der Waals surface area contributed by atoms with Crippen molar-refractivity contribution in [3.63, 3.8) is 0 Å². The molecule has 1 heterocycles. The number of halogens is 1. The van der Waals surface area contributed by atoms with Gasteiger partial charge in [0.2, 0.25) is 10.3 Å². The van der Waals surface area contributed by atoms with Crippen LogP contribution in [0.3, 0.4) is 0 Å². The van der Waals surface area contributed by atoms with E-state index in [0.717, 1.165) is 24.5 Å². The minimum atomic E-state index is -0.439. The van der Waals surface area contributed by atoms with E-state index in [9.17, 15) is 9.18 Å². The number of anilines is 3. The van der Waals surface area contributed by atoms with Gasteiger partial charge in [0.05, 0.1) is 0 Å². The lowest BCUT2D eigenvalue weighted by Gasteiger charge is -2.13. The highest BCUT2D eigenvalue weighted by Crippen LogP contribution is 2.23. The van der Waals surface area contributed by atoms with E-state index in [1.165, 1.54) is 35.6 Å². The first-order chi connectivity index (χ1) is 10.6. The lowest BCUT2D eigenvalue weighted by molar-refractivity contribution is 0.262. The first-order valence-corrected chi connectivity index (χ1v) is 7.78. The van der Waals surface area contributed by atoms with E-state index in [2.05, 4.69) is 27.8 Å². The topological polar surface area (TPSA) is 70.2 Å². The van der Waals surface area contributed by atoms with Gasteiger partial charge in [-0.15, -0.1) is 10.2 Å². The van der Waals surface area contributed by atoms with Gasteiger partial charge in [-0.25, -0.2) is 9.18 Å². The second kappa shape index (κ2) is 7.69. The van der Waals surface area contributed by atoms with Crippen molar-refractivity contribution < 1.29 is 9.18 Å². The number of nitrogens with one attached hydrogen (secondary N) is 2. The fraction of sp³-hybridized carbons (Fsp3) is 0.357. The lowest BCUT2D eigenvalue weighted by Crippen LogP contribution is -2.19. The van der Waals surface area contributed by atoms with Crippen LogP contribution in [0.15, 0.2) is 24.3 Å². The number of rotatable bonds is 6. The summed E-state index contributed by atoms with van der Waals surface area (Å²) in [4.78, 5) is 13.8. The van der Waals surface area contributed by atoms with E-state index in [1.807, 2.05) is 11.9 Å². The summed E-state index contributed by atoms with van der Waals surface area (Å²) in [5.41, 5.74) is 0.503. The second-order valence-electron chi connectivity index (χ2n) is 4.75. The number of unbranched alkanes of at least 4 members (excludes halogenated alkanes) is 1. The van der Waals surface area contributed by atoms with Gasteiger partial charge in [-0.1, -0.05) is 24.7 Å². The van der Waals surface area contributed by atoms with E-state index < -0.39 is 6.03 Å². The molecular weight excluding hydrogens is 305 g/mol. The maximum atomic E-state index is 12.8. The summed E-state index contributed by atoms with van der Waals surface area (Å²) < 4.78 is 12.8. The third-order valence-electron chi connectivity index (χ3n) is 2.91. The van der Waals surface area contributed by atoms with Crippen LogP contribution in [-0.4, -0.2) is 29.8 Å². The number of hydrogen-bond donors (Lipinski definition) is 2. The Kier molecular flexibility index (Phi) is 5.65. The molecule has 22 heavy (non-hydrogen) atoms. The first-order valence-electron chi connectivity index (χ1n) is 6.96. The zero-order valence-electron chi connectivity index (χ0n) is 12.5. The Labute approximate surface area is 132 Å². The van der Waals surface area contributed by atoms with Crippen molar-refractivity contribution in [3.8, 4) is 0 Å². The molecule has 2 aromatic rings. The molecule has 0 spiro atoms. The van der Waals surface area contributed by atoms with Gasteiger partial charge in [-0.05, 0) is 30.7 Å². The van der Waals surface area contributed by atoms with E-state index in [1.54, 1.807) is 0 Å². The summed E-state index contributed by atoms with van der Waals surface area (Å²) in [5, 5.41) is 14.4. The Hall–Kier alpha value is -2.22. The zero-order chi connectivity index (χ0) is 15.9. The minimum Gasteiger partial charge on any atom is -0.350 e. The monoisotopic (exact) mass is 323 g/mol. The van der Waals surface area contributed by atoms with Crippen LogP contribution in [0, 0.1) is 5.82 Å². The molecule has 0 radical (unpaired) electrons. The van der Waals surface area contributed by atoms with Crippen molar-refractivity contribution in [3.05, 3.63) is 30.1 Å². The number of nitrogens with zero attached hydrogens (tertiary/aromatic N) is 3. The average molecular weight is 323 g/mol. The van der Waals surface area contributed by atoms with Crippen molar-refractivity contribution in [1.29, 1.82) is 0 Å². The highest BCUT2D eigenvalue weighted by Gasteiger charge is 2.11. The van der Waals surface area contributed by atoms with Crippen LogP contribution in [0.5, 0.6) is 0 Å². The van der Waals surface area contributed by atoms with Gasteiger partial charge in [-0.3, -0.25) is 5.32 Å². The molecule has 1 aromatic carbocycles. The molecule has 0 aliphatic carbocycles. The average Bonchev–Trinajstić information content (AvgIpc) is 2.95. The van der Waals surface area contributed by atoms with Gasteiger partial charge in [0.25, 0.3) is 0 Å². The number of urea groups is 1. The summed E-state index contributed by atoms with van der Waals surface area (Å²) in [5.74, 6) is -0.352. The summed E-state index contributed by atoms with van der Waals surface area (Å²) in [6.45, 7) is 3.02. The maximum Gasteiger partial charge on any atom is 0.325 e. The molecule has 118 valence electrons. The van der Waals surface area contributed by atoms with Crippen LogP contribution in [0.4, 0.5) is 25.1 Å². The molecule has 0 aliphatic rings. The van der Waals surface area contributed by atoms with E-state index >= 15 is 0 Å². The van der Waals surface area contributed by atoms with Gasteiger partial charge >= 0.3 is 6.03 Å². The lowest BCUT2D eigenvalue weighted by atomic mass is 10.3. The smallest absolute Gasteiger partial charge is 0.325 e. The number of benzene rings is 1. The Bertz CT molecular complexity index is 616. The molecule has 0 unspecified atom stereocenters. The molecule has 0 atom stereocenters.